The fourth-order valence-corrected chi connectivity index (χ4v) is 2.57. The summed E-state index contributed by atoms with van der Waals surface area (Å²) >= 11 is 0. The van der Waals surface area contributed by atoms with E-state index in [-0.39, 0.29) is 0 Å². The lowest BCUT2D eigenvalue weighted by atomic mass is 9.81. The zero-order chi connectivity index (χ0) is 9.15. The van der Waals surface area contributed by atoms with Crippen LogP contribution in [0.15, 0.2) is 0 Å². The third-order valence-corrected chi connectivity index (χ3v) is 3.60. The smallest absolute Gasteiger partial charge is 0.00918 e. The Morgan fingerprint density at radius 2 is 2.15 bits per heavy atom. The number of hydrogen-bond donors (Lipinski definition) is 1. The van der Waals surface area contributed by atoms with Crippen LogP contribution in [-0.2, 0) is 0 Å². The molecule has 0 aliphatic carbocycles. The molecule has 2 aliphatic heterocycles. The highest BCUT2D eigenvalue weighted by molar-refractivity contribution is 4.99. The summed E-state index contributed by atoms with van der Waals surface area (Å²) in [6, 6.07) is 0. The number of nitrogens with one attached hydrogen (secondary N) is 1. The molecule has 2 heteroatoms. The van der Waals surface area contributed by atoms with E-state index in [2.05, 4.69) is 17.1 Å². The number of hydrogen-bond acceptors (Lipinski definition) is 2. The van der Waals surface area contributed by atoms with E-state index in [0.717, 1.165) is 0 Å². The Labute approximate surface area is 81.7 Å². The molecule has 1 N–H and O–H groups in total. The normalized spacial score (nSPS) is 26.5. The molecule has 0 unspecified atom stereocenters. The summed E-state index contributed by atoms with van der Waals surface area (Å²) in [5.41, 5.74) is 0.701. The predicted octanol–water partition coefficient (Wildman–Crippen LogP) is 1.47. The van der Waals surface area contributed by atoms with Gasteiger partial charge in [-0.25, -0.2) is 0 Å². The van der Waals surface area contributed by atoms with Crippen molar-refractivity contribution >= 4 is 0 Å². The van der Waals surface area contributed by atoms with Crippen LogP contribution in [0.2, 0.25) is 0 Å². The zero-order valence-electron chi connectivity index (χ0n) is 8.81. The van der Waals surface area contributed by atoms with E-state index in [9.17, 15) is 0 Å². The molecule has 0 atom stereocenters. The fraction of sp³-hybridized carbons (Fsp3) is 1.00. The Balaban J connectivity index is 1.66. The topological polar surface area (TPSA) is 15.3 Å². The van der Waals surface area contributed by atoms with E-state index in [1.54, 1.807) is 0 Å². The molecule has 2 heterocycles. The molecular formula is C11H22N2. The maximum atomic E-state index is 3.41. The average molecular weight is 182 g/mol. The minimum atomic E-state index is 0.701. The van der Waals surface area contributed by atoms with Crippen LogP contribution in [0.1, 0.15) is 32.6 Å². The van der Waals surface area contributed by atoms with Gasteiger partial charge in [0.15, 0.2) is 0 Å². The van der Waals surface area contributed by atoms with E-state index in [4.69, 9.17) is 0 Å². The first-order valence-electron chi connectivity index (χ1n) is 5.78. The second-order valence-electron chi connectivity index (χ2n) is 4.84. The van der Waals surface area contributed by atoms with Gasteiger partial charge in [0.05, 0.1) is 0 Å². The van der Waals surface area contributed by atoms with Crippen LogP contribution in [0.5, 0.6) is 0 Å². The van der Waals surface area contributed by atoms with Crippen molar-refractivity contribution in [2.24, 2.45) is 5.41 Å². The van der Waals surface area contributed by atoms with Crippen molar-refractivity contribution in [2.75, 3.05) is 32.7 Å². The van der Waals surface area contributed by atoms with Crippen LogP contribution >= 0.6 is 0 Å². The van der Waals surface area contributed by atoms with Gasteiger partial charge in [-0.2, -0.15) is 0 Å². The second-order valence-corrected chi connectivity index (χ2v) is 4.84. The van der Waals surface area contributed by atoms with Gasteiger partial charge < -0.3 is 10.2 Å². The molecule has 2 saturated heterocycles. The SMILES string of the molecule is CCCCCN1CCC2(CNC2)C1. The first-order chi connectivity index (χ1) is 6.35. The molecule has 0 bridgehead atoms. The molecule has 0 aromatic rings. The number of likely N-dealkylation sites (tertiary alicyclic amines) is 1. The van der Waals surface area contributed by atoms with E-state index < -0.39 is 0 Å². The molecule has 76 valence electrons. The number of unbranched alkanes of at least 4 members (excludes halogenated alkanes) is 2. The summed E-state index contributed by atoms with van der Waals surface area (Å²) in [5, 5.41) is 3.41. The second kappa shape index (κ2) is 3.97. The highest BCUT2D eigenvalue weighted by Crippen LogP contribution is 2.33. The molecule has 0 aromatic carbocycles. The quantitative estimate of drug-likeness (QED) is 0.662. The first-order valence-corrected chi connectivity index (χ1v) is 5.78. The van der Waals surface area contributed by atoms with E-state index in [0.29, 0.717) is 5.41 Å². The summed E-state index contributed by atoms with van der Waals surface area (Å²) < 4.78 is 0. The highest BCUT2D eigenvalue weighted by atomic mass is 15.2. The fourth-order valence-electron chi connectivity index (χ4n) is 2.57. The monoisotopic (exact) mass is 182 g/mol. The Hall–Kier alpha value is -0.0800. The van der Waals surface area contributed by atoms with Crippen LogP contribution in [0.4, 0.5) is 0 Å². The Kier molecular flexibility index (Phi) is 2.89. The van der Waals surface area contributed by atoms with Crippen molar-refractivity contribution < 1.29 is 0 Å². The summed E-state index contributed by atoms with van der Waals surface area (Å²) in [5.74, 6) is 0. The standard InChI is InChI=1S/C11H22N2/c1-2-3-4-6-13-7-5-11(10-13)8-12-9-11/h12H,2-10H2,1H3. The molecule has 0 aromatic heterocycles. The third kappa shape index (κ3) is 2.05. The number of nitrogens with zero attached hydrogens (tertiary/aromatic N) is 1. The zero-order valence-corrected chi connectivity index (χ0v) is 8.81. The molecule has 1 spiro atoms. The van der Waals surface area contributed by atoms with E-state index in [1.165, 1.54) is 58.4 Å². The van der Waals surface area contributed by atoms with Gasteiger partial charge in [-0.1, -0.05) is 19.8 Å². The lowest BCUT2D eigenvalue weighted by Crippen LogP contribution is -2.54. The van der Waals surface area contributed by atoms with Gasteiger partial charge in [-0.05, 0) is 25.9 Å². The predicted molar refractivity (Wildman–Crippen MR) is 55.9 cm³/mol. The largest absolute Gasteiger partial charge is 0.315 e. The molecule has 13 heavy (non-hydrogen) atoms. The third-order valence-electron chi connectivity index (χ3n) is 3.60. The van der Waals surface area contributed by atoms with E-state index >= 15 is 0 Å². The van der Waals surface area contributed by atoms with Gasteiger partial charge >= 0.3 is 0 Å². The van der Waals surface area contributed by atoms with Gasteiger partial charge in [0.25, 0.3) is 0 Å². The van der Waals surface area contributed by atoms with Crippen molar-refractivity contribution in [3.8, 4) is 0 Å². The van der Waals surface area contributed by atoms with Crippen LogP contribution in [0, 0.1) is 5.41 Å². The number of rotatable bonds is 4. The lowest BCUT2D eigenvalue weighted by Gasteiger charge is -2.39. The summed E-state index contributed by atoms with van der Waals surface area (Å²) in [6.07, 6.45) is 5.59. The Morgan fingerprint density at radius 1 is 1.31 bits per heavy atom. The first kappa shape index (κ1) is 9.47. The summed E-state index contributed by atoms with van der Waals surface area (Å²) in [6.45, 7) is 8.89. The molecule has 2 nitrogen and oxygen atoms in total. The van der Waals surface area contributed by atoms with Crippen molar-refractivity contribution in [3.63, 3.8) is 0 Å². The van der Waals surface area contributed by atoms with Gasteiger partial charge in [0.2, 0.25) is 0 Å². The van der Waals surface area contributed by atoms with Crippen molar-refractivity contribution in [3.05, 3.63) is 0 Å². The molecule has 2 fully saturated rings. The van der Waals surface area contributed by atoms with Gasteiger partial charge in [0.1, 0.15) is 0 Å². The van der Waals surface area contributed by atoms with Gasteiger partial charge in [0, 0.05) is 25.0 Å². The molecule has 2 rings (SSSR count). The maximum absolute atomic E-state index is 3.41. The molecule has 0 radical (unpaired) electrons. The van der Waals surface area contributed by atoms with Gasteiger partial charge in [-0.15, -0.1) is 0 Å². The summed E-state index contributed by atoms with van der Waals surface area (Å²) in [4.78, 5) is 2.66. The van der Waals surface area contributed by atoms with Crippen LogP contribution < -0.4 is 5.32 Å². The Morgan fingerprint density at radius 3 is 2.69 bits per heavy atom. The molecule has 2 aliphatic rings. The van der Waals surface area contributed by atoms with Crippen LogP contribution in [0.25, 0.3) is 0 Å². The minimum absolute atomic E-state index is 0.701. The van der Waals surface area contributed by atoms with Crippen LogP contribution in [0.3, 0.4) is 0 Å². The van der Waals surface area contributed by atoms with Crippen molar-refractivity contribution in [1.82, 2.24) is 10.2 Å². The summed E-state index contributed by atoms with van der Waals surface area (Å²) in [7, 11) is 0. The average Bonchev–Trinajstić information content (AvgIpc) is 2.49. The lowest BCUT2D eigenvalue weighted by molar-refractivity contribution is 0.168. The Bertz CT molecular complexity index is 163. The minimum Gasteiger partial charge on any atom is -0.315 e. The molecule has 0 amide bonds. The highest BCUT2D eigenvalue weighted by Gasteiger charge is 2.42. The van der Waals surface area contributed by atoms with Crippen LogP contribution in [-0.4, -0.2) is 37.6 Å². The van der Waals surface area contributed by atoms with Crippen molar-refractivity contribution in [2.45, 2.75) is 32.6 Å². The molecular weight excluding hydrogens is 160 g/mol. The van der Waals surface area contributed by atoms with Gasteiger partial charge in [-0.3, -0.25) is 0 Å². The maximum Gasteiger partial charge on any atom is 0.00918 e. The van der Waals surface area contributed by atoms with E-state index in [1.807, 2.05) is 0 Å². The van der Waals surface area contributed by atoms with Crippen molar-refractivity contribution in [1.29, 1.82) is 0 Å². The molecule has 0 saturated carbocycles.